The molecule has 1 aliphatic carbocycles. The molecule has 1 rings (SSSR count). The summed E-state index contributed by atoms with van der Waals surface area (Å²) in [6, 6.07) is 0. The minimum absolute atomic E-state index is 0.512. The van der Waals surface area contributed by atoms with Gasteiger partial charge in [0.1, 0.15) is 0 Å². The number of hydrogen-bond acceptors (Lipinski definition) is 1. The van der Waals surface area contributed by atoms with Gasteiger partial charge < -0.3 is 5.41 Å². The molecule has 0 spiro atoms. The van der Waals surface area contributed by atoms with Crippen molar-refractivity contribution in [2.24, 2.45) is 11.8 Å². The molecule has 2 unspecified atom stereocenters. The zero-order valence-electron chi connectivity index (χ0n) is 7.39. The summed E-state index contributed by atoms with van der Waals surface area (Å²) >= 11 is 0. The second-order valence-corrected chi connectivity index (χ2v) is 3.28. The van der Waals surface area contributed by atoms with Gasteiger partial charge in [0.15, 0.2) is 0 Å². The van der Waals surface area contributed by atoms with Gasteiger partial charge in [0.05, 0.1) is 0 Å². The largest absolute Gasteiger partial charge is 0.305 e. The minimum atomic E-state index is 0.512. The summed E-state index contributed by atoms with van der Waals surface area (Å²) in [4.78, 5) is 0. The summed E-state index contributed by atoms with van der Waals surface area (Å²) in [7, 11) is 0. The van der Waals surface area contributed by atoms with Gasteiger partial charge in [-0.05, 0) is 24.3 Å². The van der Waals surface area contributed by atoms with Crippen molar-refractivity contribution in [2.45, 2.75) is 20.8 Å². The summed E-state index contributed by atoms with van der Waals surface area (Å²) in [6.45, 7) is 6.23. The smallest absolute Gasteiger partial charge is 0.0317 e. The molecule has 0 heterocycles. The van der Waals surface area contributed by atoms with Gasteiger partial charge in [-0.1, -0.05) is 32.1 Å². The van der Waals surface area contributed by atoms with E-state index in [1.54, 1.807) is 0 Å². The molecular formula is C10H15N. The summed E-state index contributed by atoms with van der Waals surface area (Å²) < 4.78 is 0. The number of allylic oxidation sites excluding steroid dienone is 4. The second-order valence-electron chi connectivity index (χ2n) is 3.28. The highest BCUT2D eigenvalue weighted by molar-refractivity contribution is 5.96. The van der Waals surface area contributed by atoms with Gasteiger partial charge in [-0.2, -0.15) is 0 Å². The van der Waals surface area contributed by atoms with Crippen molar-refractivity contribution < 1.29 is 0 Å². The van der Waals surface area contributed by atoms with Crippen molar-refractivity contribution >= 4 is 5.71 Å². The highest BCUT2D eigenvalue weighted by Crippen LogP contribution is 2.25. The van der Waals surface area contributed by atoms with Crippen LogP contribution in [0.25, 0.3) is 0 Å². The highest BCUT2D eigenvalue weighted by Gasteiger charge is 2.17. The van der Waals surface area contributed by atoms with Gasteiger partial charge in [0, 0.05) is 5.71 Å². The third-order valence-electron chi connectivity index (χ3n) is 2.40. The van der Waals surface area contributed by atoms with E-state index in [0.29, 0.717) is 17.5 Å². The molecular weight excluding hydrogens is 134 g/mol. The van der Waals surface area contributed by atoms with Gasteiger partial charge in [-0.15, -0.1) is 0 Å². The van der Waals surface area contributed by atoms with Crippen molar-refractivity contribution in [3.8, 4) is 0 Å². The Morgan fingerprint density at radius 1 is 1.45 bits per heavy atom. The van der Waals surface area contributed by atoms with Crippen LogP contribution in [0.2, 0.25) is 0 Å². The molecule has 1 N–H and O–H groups in total. The molecule has 0 amide bonds. The van der Waals surface area contributed by atoms with E-state index >= 15 is 0 Å². The van der Waals surface area contributed by atoms with Crippen LogP contribution >= 0.6 is 0 Å². The van der Waals surface area contributed by atoms with Crippen LogP contribution < -0.4 is 0 Å². The quantitative estimate of drug-likeness (QED) is 0.554. The van der Waals surface area contributed by atoms with Crippen LogP contribution in [0.15, 0.2) is 23.8 Å². The van der Waals surface area contributed by atoms with Gasteiger partial charge in [-0.25, -0.2) is 0 Å². The lowest BCUT2D eigenvalue weighted by Crippen LogP contribution is -2.15. The maximum absolute atomic E-state index is 7.51. The van der Waals surface area contributed by atoms with E-state index < -0.39 is 0 Å². The van der Waals surface area contributed by atoms with Crippen LogP contribution in [0.5, 0.6) is 0 Å². The summed E-state index contributed by atoms with van der Waals surface area (Å²) in [5.41, 5.74) is 1.88. The molecule has 0 saturated carbocycles. The zero-order chi connectivity index (χ0) is 8.43. The number of hydrogen-bond donors (Lipinski definition) is 1. The average molecular weight is 149 g/mol. The first-order valence-corrected chi connectivity index (χ1v) is 4.07. The second kappa shape index (κ2) is 3.04. The van der Waals surface area contributed by atoms with Gasteiger partial charge in [0.2, 0.25) is 0 Å². The molecule has 0 aromatic carbocycles. The molecule has 0 aliphatic heterocycles. The first-order chi connectivity index (χ1) is 5.13. The third kappa shape index (κ3) is 1.59. The van der Waals surface area contributed by atoms with Crippen LogP contribution in [0, 0.1) is 17.2 Å². The van der Waals surface area contributed by atoms with Crippen molar-refractivity contribution in [3.63, 3.8) is 0 Å². The standard InChI is InChI=1S/C10H15N/c1-7-5-4-6-10(8(7)2)9(3)11/h4-8,11H,1-3H3. The molecule has 0 saturated heterocycles. The first kappa shape index (κ1) is 8.25. The van der Waals surface area contributed by atoms with Crippen LogP contribution in [0.1, 0.15) is 20.8 Å². The Kier molecular flexibility index (Phi) is 2.28. The molecule has 0 aromatic rings. The van der Waals surface area contributed by atoms with Crippen molar-refractivity contribution in [1.29, 1.82) is 5.41 Å². The maximum atomic E-state index is 7.51. The lowest BCUT2D eigenvalue weighted by atomic mass is 9.83. The third-order valence-corrected chi connectivity index (χ3v) is 2.40. The summed E-state index contributed by atoms with van der Waals surface area (Å²) in [5, 5.41) is 7.51. The minimum Gasteiger partial charge on any atom is -0.305 e. The van der Waals surface area contributed by atoms with E-state index in [-0.39, 0.29) is 0 Å². The SMILES string of the molecule is CC(=N)C1=CC=CC(C)C1C. The Morgan fingerprint density at radius 2 is 2.09 bits per heavy atom. The Balaban J connectivity index is 2.87. The summed E-state index contributed by atoms with van der Waals surface area (Å²) in [5.74, 6) is 1.09. The Hall–Kier alpha value is -0.850. The molecule has 0 radical (unpaired) electrons. The molecule has 0 aromatic heterocycles. The van der Waals surface area contributed by atoms with E-state index in [0.717, 1.165) is 0 Å². The molecule has 0 bridgehead atoms. The van der Waals surface area contributed by atoms with E-state index in [1.807, 2.05) is 13.0 Å². The van der Waals surface area contributed by atoms with Gasteiger partial charge in [-0.3, -0.25) is 0 Å². The lowest BCUT2D eigenvalue weighted by molar-refractivity contribution is 0.537. The fourth-order valence-corrected chi connectivity index (χ4v) is 1.40. The van der Waals surface area contributed by atoms with E-state index in [4.69, 9.17) is 5.41 Å². The van der Waals surface area contributed by atoms with Crippen molar-refractivity contribution in [2.75, 3.05) is 0 Å². The van der Waals surface area contributed by atoms with Gasteiger partial charge >= 0.3 is 0 Å². The fraction of sp³-hybridized carbons (Fsp3) is 0.500. The van der Waals surface area contributed by atoms with Crippen LogP contribution in [-0.2, 0) is 0 Å². The van der Waals surface area contributed by atoms with E-state index in [9.17, 15) is 0 Å². The van der Waals surface area contributed by atoms with Crippen LogP contribution in [-0.4, -0.2) is 5.71 Å². The van der Waals surface area contributed by atoms with E-state index in [2.05, 4.69) is 26.0 Å². The normalized spacial score (nSPS) is 29.9. The number of rotatable bonds is 1. The molecule has 60 valence electrons. The van der Waals surface area contributed by atoms with Crippen LogP contribution in [0.3, 0.4) is 0 Å². The Morgan fingerprint density at radius 3 is 2.55 bits per heavy atom. The Bertz CT molecular complexity index is 223. The zero-order valence-corrected chi connectivity index (χ0v) is 7.39. The fourth-order valence-electron chi connectivity index (χ4n) is 1.40. The Labute approximate surface area is 68.3 Å². The molecule has 2 atom stereocenters. The summed E-state index contributed by atoms with van der Waals surface area (Å²) in [6.07, 6.45) is 6.29. The molecule has 1 aliphatic rings. The molecule has 1 nitrogen and oxygen atoms in total. The van der Waals surface area contributed by atoms with E-state index in [1.165, 1.54) is 5.57 Å². The number of nitrogens with one attached hydrogen (secondary N) is 1. The molecule has 11 heavy (non-hydrogen) atoms. The lowest BCUT2D eigenvalue weighted by Gasteiger charge is -2.22. The average Bonchev–Trinajstić information content (AvgIpc) is 1.94. The van der Waals surface area contributed by atoms with Crippen LogP contribution in [0.4, 0.5) is 0 Å². The predicted molar refractivity (Wildman–Crippen MR) is 49.0 cm³/mol. The highest BCUT2D eigenvalue weighted by atomic mass is 14.4. The predicted octanol–water partition coefficient (Wildman–Crippen LogP) is 2.79. The monoisotopic (exact) mass is 149 g/mol. The maximum Gasteiger partial charge on any atom is 0.0317 e. The topological polar surface area (TPSA) is 23.9 Å². The van der Waals surface area contributed by atoms with Crippen molar-refractivity contribution in [3.05, 3.63) is 23.8 Å². The van der Waals surface area contributed by atoms with Crippen molar-refractivity contribution in [1.82, 2.24) is 0 Å². The molecule has 0 fully saturated rings. The molecule has 1 heteroatoms. The van der Waals surface area contributed by atoms with Gasteiger partial charge in [0.25, 0.3) is 0 Å². The first-order valence-electron chi connectivity index (χ1n) is 4.07.